The van der Waals surface area contributed by atoms with Gasteiger partial charge >= 0.3 is 0 Å². The molecule has 1 aliphatic heterocycles. The van der Waals surface area contributed by atoms with E-state index in [1.807, 2.05) is 7.05 Å². The largest absolute Gasteiger partial charge is 0.313 e. The molecule has 1 N–H and O–H groups in total. The lowest BCUT2D eigenvalue weighted by Gasteiger charge is -2.36. The van der Waals surface area contributed by atoms with E-state index in [0.29, 0.717) is 5.92 Å². The minimum absolute atomic E-state index is 0.243. The van der Waals surface area contributed by atoms with Gasteiger partial charge in [-0.3, -0.25) is 0 Å². The third-order valence-corrected chi connectivity index (χ3v) is 13.5. The van der Waals surface area contributed by atoms with Gasteiger partial charge < -0.3 is 9.47 Å². The Morgan fingerprint density at radius 1 is 0.698 bits per heavy atom. The number of hydrazine groups is 2. The lowest BCUT2D eigenvalue weighted by molar-refractivity contribution is -0.0847. The monoisotopic (exact) mass is 819 g/mol. The highest BCUT2D eigenvalue weighted by Crippen LogP contribution is 2.55. The molecule has 6 aromatic carbocycles. The van der Waals surface area contributed by atoms with E-state index in [1.54, 1.807) is 0 Å². The number of para-hydroxylation sites is 2. The van der Waals surface area contributed by atoms with Gasteiger partial charge in [0, 0.05) is 72.4 Å². The molecule has 0 saturated carbocycles. The third-order valence-electron chi connectivity index (χ3n) is 13.5. The summed E-state index contributed by atoms with van der Waals surface area (Å²) in [7, 11) is 2.04. The van der Waals surface area contributed by atoms with Crippen LogP contribution in [0.5, 0.6) is 0 Å². The summed E-state index contributed by atoms with van der Waals surface area (Å²) in [5.41, 5.74) is 20.5. The Morgan fingerprint density at radius 2 is 1.41 bits per heavy atom. The van der Waals surface area contributed by atoms with E-state index < -0.39 is 0 Å². The molecule has 0 amide bonds. The van der Waals surface area contributed by atoms with Crippen LogP contribution in [0.1, 0.15) is 63.8 Å². The maximum atomic E-state index is 3.53. The van der Waals surface area contributed by atoms with Crippen LogP contribution in [0.4, 0.5) is 11.4 Å². The molecule has 0 saturated heterocycles. The van der Waals surface area contributed by atoms with E-state index in [9.17, 15) is 0 Å². The Balaban J connectivity index is 0.838. The molecule has 3 unspecified atom stereocenters. The van der Waals surface area contributed by atoms with Crippen molar-refractivity contribution in [3.63, 3.8) is 0 Å². The van der Waals surface area contributed by atoms with Crippen molar-refractivity contribution in [1.82, 2.24) is 20.1 Å². The van der Waals surface area contributed by atoms with Gasteiger partial charge in [0.1, 0.15) is 0 Å². The minimum Gasteiger partial charge on any atom is -0.313 e. The molecule has 3 atom stereocenters. The van der Waals surface area contributed by atoms with Crippen LogP contribution in [0.3, 0.4) is 0 Å². The number of hydrogen-bond acceptors (Lipinski definition) is 4. The molecule has 2 heterocycles. The minimum atomic E-state index is 0.243. The molecule has 0 spiro atoms. The predicted molar refractivity (Wildman–Crippen MR) is 261 cm³/mol. The van der Waals surface area contributed by atoms with Crippen molar-refractivity contribution < 1.29 is 0 Å². The van der Waals surface area contributed by atoms with Gasteiger partial charge in [0.25, 0.3) is 0 Å². The lowest BCUT2D eigenvalue weighted by atomic mass is 9.78. The zero-order chi connectivity index (χ0) is 42.1. The molecule has 11 rings (SSSR count). The van der Waals surface area contributed by atoms with Gasteiger partial charge in [-0.25, -0.2) is 10.4 Å². The molecular weight excluding hydrogens is 767 g/mol. The number of fused-ring (bicyclic) bond motifs is 6. The summed E-state index contributed by atoms with van der Waals surface area (Å²) in [5.74, 6) is 0.888. The number of benzene rings is 6. The number of aromatic nitrogens is 1. The van der Waals surface area contributed by atoms with Crippen LogP contribution < -0.4 is 10.3 Å². The molecule has 3 aliphatic carbocycles. The summed E-state index contributed by atoms with van der Waals surface area (Å²) >= 11 is 0. The van der Waals surface area contributed by atoms with Gasteiger partial charge in [0.05, 0.1) is 5.52 Å². The Hall–Kier alpha value is -6.76. The molecule has 1 aromatic heterocycles. The van der Waals surface area contributed by atoms with E-state index in [1.165, 1.54) is 78.3 Å². The maximum absolute atomic E-state index is 3.53. The number of nitrogens with zero attached hydrogens (tertiary/aromatic N) is 4. The first kappa shape index (κ1) is 39.1. The SMILES string of the molecule is CNN(CC1C=CC(c2ccc3c(c2)c2c(n3-c3ccc(C4C=CC=C5C4c4ccccc4N5c4ccccc4)cc3)C=CCC2)=CC1)N(Cc1ccccc1)Cc1ccccc1. The van der Waals surface area contributed by atoms with E-state index in [2.05, 4.69) is 231 Å². The summed E-state index contributed by atoms with van der Waals surface area (Å²) in [5, 5.41) is 6.10. The predicted octanol–water partition coefficient (Wildman–Crippen LogP) is 13.1. The number of hydrogen-bond donors (Lipinski definition) is 1. The van der Waals surface area contributed by atoms with Gasteiger partial charge in [-0.15, -0.1) is 0 Å². The molecule has 0 bridgehead atoms. The summed E-state index contributed by atoms with van der Waals surface area (Å²) in [4.78, 5) is 2.45. The summed E-state index contributed by atoms with van der Waals surface area (Å²) in [6.07, 6.45) is 22.0. The molecule has 7 aromatic rings. The van der Waals surface area contributed by atoms with Crippen molar-refractivity contribution in [1.29, 1.82) is 0 Å². The molecule has 5 heteroatoms. The first-order valence-electron chi connectivity index (χ1n) is 22.6. The van der Waals surface area contributed by atoms with E-state index in [0.717, 1.165) is 38.9 Å². The number of nitrogens with one attached hydrogen (secondary N) is 1. The number of rotatable bonds is 12. The van der Waals surface area contributed by atoms with Crippen LogP contribution in [-0.2, 0) is 19.5 Å². The van der Waals surface area contributed by atoms with Gasteiger partial charge in [-0.05, 0) is 119 Å². The van der Waals surface area contributed by atoms with Crippen molar-refractivity contribution in [3.8, 4) is 5.69 Å². The zero-order valence-corrected chi connectivity index (χ0v) is 35.9. The van der Waals surface area contributed by atoms with E-state index in [-0.39, 0.29) is 11.8 Å². The molecule has 310 valence electrons. The van der Waals surface area contributed by atoms with Crippen molar-refractivity contribution in [2.75, 3.05) is 18.5 Å². The molecule has 0 fully saturated rings. The number of anilines is 2. The highest BCUT2D eigenvalue weighted by Gasteiger charge is 2.40. The van der Waals surface area contributed by atoms with Crippen LogP contribution in [0.2, 0.25) is 0 Å². The van der Waals surface area contributed by atoms with E-state index >= 15 is 0 Å². The lowest BCUT2D eigenvalue weighted by Crippen LogP contribution is -2.50. The van der Waals surface area contributed by atoms with Crippen LogP contribution in [0.15, 0.2) is 206 Å². The number of allylic oxidation sites excluding steroid dienone is 8. The van der Waals surface area contributed by atoms with Crippen LogP contribution >= 0.6 is 0 Å². The normalized spacial score (nSPS) is 18.7. The summed E-state index contributed by atoms with van der Waals surface area (Å²) in [6.45, 7) is 2.54. The highest BCUT2D eigenvalue weighted by atomic mass is 15.8. The Bertz CT molecular complexity index is 2860. The van der Waals surface area contributed by atoms with Crippen LogP contribution in [-0.4, -0.2) is 28.3 Å². The fraction of sp³-hybridized carbons (Fsp3) is 0.172. The highest BCUT2D eigenvalue weighted by molar-refractivity contribution is 5.94. The smallest absolute Gasteiger partial charge is 0.0538 e. The van der Waals surface area contributed by atoms with Crippen LogP contribution in [0, 0.1) is 5.92 Å². The zero-order valence-electron chi connectivity index (χ0n) is 35.9. The van der Waals surface area contributed by atoms with Crippen LogP contribution in [0.25, 0.3) is 28.2 Å². The van der Waals surface area contributed by atoms with Crippen molar-refractivity contribution in [3.05, 3.63) is 245 Å². The molecule has 0 radical (unpaired) electrons. The fourth-order valence-electron chi connectivity index (χ4n) is 10.4. The Labute approximate surface area is 371 Å². The topological polar surface area (TPSA) is 26.7 Å². The maximum Gasteiger partial charge on any atom is 0.0538 e. The second-order valence-electron chi connectivity index (χ2n) is 17.3. The first-order chi connectivity index (χ1) is 31.2. The second-order valence-corrected chi connectivity index (χ2v) is 17.3. The van der Waals surface area contributed by atoms with E-state index in [4.69, 9.17) is 0 Å². The Morgan fingerprint density at radius 3 is 2.13 bits per heavy atom. The Kier molecular flexibility index (Phi) is 10.7. The second kappa shape index (κ2) is 17.2. The van der Waals surface area contributed by atoms with Crippen molar-refractivity contribution >= 4 is 33.9 Å². The molecule has 4 aliphatic rings. The summed E-state index contributed by atoms with van der Waals surface area (Å²) in [6, 6.07) is 57.8. The average molecular weight is 820 g/mol. The fourth-order valence-corrected chi connectivity index (χ4v) is 10.4. The van der Waals surface area contributed by atoms with Crippen molar-refractivity contribution in [2.24, 2.45) is 5.92 Å². The van der Waals surface area contributed by atoms with Gasteiger partial charge in [0.15, 0.2) is 0 Å². The standard InChI is InChI=1S/C58H53N5/c1-59-61(60(39-42-16-5-2-6-17-42)40-43-18-7-3-8-19-43)41-44-28-30-45(31-29-44)47-34-37-56-53(38-47)51-22-11-13-25-54(51)62(56)49-35-32-46(33-36-49)50-24-15-27-57-58(50)52-23-12-14-26-55(52)63(57)48-20-9-4-10-21-48/h2-10,12-21,23-28,30-38,44,50,58-59H,11,22,29,39-41H2,1H3. The quantitative estimate of drug-likeness (QED) is 0.124. The van der Waals surface area contributed by atoms with Gasteiger partial charge in [-0.1, -0.05) is 152 Å². The number of aryl methyl sites for hydroxylation is 1. The molecular formula is C58H53N5. The van der Waals surface area contributed by atoms with Crippen molar-refractivity contribution in [2.45, 2.75) is 44.2 Å². The molecule has 63 heavy (non-hydrogen) atoms. The average Bonchev–Trinajstić information content (AvgIpc) is 3.87. The first-order valence-corrected chi connectivity index (χ1v) is 22.6. The summed E-state index contributed by atoms with van der Waals surface area (Å²) < 4.78 is 2.49. The van der Waals surface area contributed by atoms with Gasteiger partial charge in [-0.2, -0.15) is 5.12 Å². The third kappa shape index (κ3) is 7.53. The molecule has 5 nitrogen and oxygen atoms in total. The van der Waals surface area contributed by atoms with Gasteiger partial charge in [0.2, 0.25) is 0 Å².